The highest BCUT2D eigenvalue weighted by molar-refractivity contribution is 5.95. The van der Waals surface area contributed by atoms with Crippen LogP contribution in [0.3, 0.4) is 0 Å². The summed E-state index contributed by atoms with van der Waals surface area (Å²) in [7, 11) is 0. The number of aliphatic imine (C=N–C) groups is 1. The smallest absolute Gasteiger partial charge is 0.118 e. The van der Waals surface area contributed by atoms with Crippen molar-refractivity contribution >= 4 is 11.9 Å². The van der Waals surface area contributed by atoms with Crippen molar-refractivity contribution in [3.8, 4) is 0 Å². The maximum atomic E-state index is 5.90. The third-order valence-electron chi connectivity index (χ3n) is 3.50. The quantitative estimate of drug-likeness (QED) is 0.635. The second kappa shape index (κ2) is 7.00. The van der Waals surface area contributed by atoms with Crippen LogP contribution in [0.1, 0.15) is 37.7 Å². The molecule has 1 aliphatic carbocycles. The topological polar surface area (TPSA) is 38.4 Å². The van der Waals surface area contributed by atoms with Gasteiger partial charge in [-0.15, -0.1) is 0 Å². The zero-order chi connectivity index (χ0) is 12.6. The summed E-state index contributed by atoms with van der Waals surface area (Å²) in [4.78, 5) is 4.47. The first-order valence-electron chi connectivity index (χ1n) is 6.87. The number of hydrogen-bond donors (Lipinski definition) is 1. The van der Waals surface area contributed by atoms with Gasteiger partial charge in [-0.05, 0) is 30.4 Å². The largest absolute Gasteiger partial charge is 0.384 e. The lowest BCUT2D eigenvalue weighted by atomic mass is 9.89. The maximum absolute atomic E-state index is 5.90. The molecule has 1 fully saturated rings. The number of nitrogens with zero attached hydrogens (tertiary/aromatic N) is 1. The maximum Gasteiger partial charge on any atom is 0.118 e. The van der Waals surface area contributed by atoms with Crippen molar-refractivity contribution in [2.75, 3.05) is 6.54 Å². The molecule has 1 aromatic rings. The predicted molar refractivity (Wildman–Crippen MR) is 78.5 cm³/mol. The molecule has 0 saturated heterocycles. The molecular weight excluding hydrogens is 220 g/mol. The monoisotopic (exact) mass is 242 g/mol. The number of benzene rings is 1. The third kappa shape index (κ3) is 4.36. The second-order valence-electron chi connectivity index (χ2n) is 5.01. The molecule has 2 N–H and O–H groups in total. The summed E-state index contributed by atoms with van der Waals surface area (Å²) < 4.78 is 0. The highest BCUT2D eigenvalue weighted by atomic mass is 14.8. The summed E-state index contributed by atoms with van der Waals surface area (Å²) in [6, 6.07) is 10.2. The van der Waals surface area contributed by atoms with Crippen molar-refractivity contribution in [3.63, 3.8) is 0 Å². The van der Waals surface area contributed by atoms with Gasteiger partial charge in [-0.2, -0.15) is 0 Å². The van der Waals surface area contributed by atoms with E-state index in [1.165, 1.54) is 32.1 Å². The summed E-state index contributed by atoms with van der Waals surface area (Å²) in [6.07, 6.45) is 10.7. The van der Waals surface area contributed by atoms with Crippen LogP contribution >= 0.6 is 0 Å². The van der Waals surface area contributed by atoms with E-state index in [0.29, 0.717) is 5.84 Å². The van der Waals surface area contributed by atoms with Crippen molar-refractivity contribution in [2.24, 2.45) is 16.6 Å². The molecule has 0 unspecified atom stereocenters. The van der Waals surface area contributed by atoms with Gasteiger partial charge in [0.2, 0.25) is 0 Å². The van der Waals surface area contributed by atoms with Crippen LogP contribution < -0.4 is 5.73 Å². The van der Waals surface area contributed by atoms with Crippen molar-refractivity contribution in [1.29, 1.82) is 0 Å². The van der Waals surface area contributed by atoms with Crippen molar-refractivity contribution < 1.29 is 0 Å². The highest BCUT2D eigenvalue weighted by Gasteiger charge is 2.12. The Hall–Kier alpha value is -1.57. The molecule has 0 atom stereocenters. The fraction of sp³-hybridized carbons (Fsp3) is 0.438. The molecule has 96 valence electrons. The van der Waals surface area contributed by atoms with Gasteiger partial charge in [-0.3, -0.25) is 4.99 Å². The van der Waals surface area contributed by atoms with E-state index in [-0.39, 0.29) is 0 Å². The molecule has 0 radical (unpaired) electrons. The van der Waals surface area contributed by atoms with Gasteiger partial charge < -0.3 is 5.73 Å². The van der Waals surface area contributed by atoms with Crippen LogP contribution in [0.5, 0.6) is 0 Å². The van der Waals surface area contributed by atoms with Gasteiger partial charge in [0, 0.05) is 6.54 Å². The van der Waals surface area contributed by atoms with Gasteiger partial charge >= 0.3 is 0 Å². The predicted octanol–water partition coefficient (Wildman–Crippen LogP) is 3.64. The number of amidine groups is 1. The molecule has 18 heavy (non-hydrogen) atoms. The van der Waals surface area contributed by atoms with Crippen molar-refractivity contribution in [2.45, 2.75) is 32.1 Å². The van der Waals surface area contributed by atoms with E-state index >= 15 is 0 Å². The number of hydrogen-bond acceptors (Lipinski definition) is 1. The Morgan fingerprint density at radius 3 is 2.61 bits per heavy atom. The minimum atomic E-state index is 0.643. The molecule has 0 aromatic heterocycles. The molecule has 2 rings (SSSR count). The van der Waals surface area contributed by atoms with Crippen LogP contribution in [0, 0.1) is 5.92 Å². The van der Waals surface area contributed by atoms with Gasteiger partial charge in [-0.1, -0.05) is 55.7 Å². The lowest BCUT2D eigenvalue weighted by Gasteiger charge is -2.19. The van der Waals surface area contributed by atoms with E-state index in [9.17, 15) is 0 Å². The van der Waals surface area contributed by atoms with Crippen LogP contribution in [0.4, 0.5) is 0 Å². The van der Waals surface area contributed by atoms with Gasteiger partial charge in [0.05, 0.1) is 0 Å². The lowest BCUT2D eigenvalue weighted by Crippen LogP contribution is -2.14. The van der Waals surface area contributed by atoms with Crippen molar-refractivity contribution in [3.05, 3.63) is 42.0 Å². The van der Waals surface area contributed by atoms with Gasteiger partial charge in [-0.25, -0.2) is 0 Å². The summed E-state index contributed by atoms with van der Waals surface area (Å²) in [5.41, 5.74) is 7.06. The second-order valence-corrected chi connectivity index (χ2v) is 5.01. The zero-order valence-corrected chi connectivity index (χ0v) is 10.9. The minimum absolute atomic E-state index is 0.643. The first kappa shape index (κ1) is 12.9. The molecule has 1 aliphatic rings. The Morgan fingerprint density at radius 1 is 1.17 bits per heavy atom. The number of nitrogens with two attached hydrogens (primary N) is 1. The molecule has 0 heterocycles. The Balaban J connectivity index is 1.83. The average molecular weight is 242 g/mol. The molecule has 0 aliphatic heterocycles. The van der Waals surface area contributed by atoms with E-state index in [0.717, 1.165) is 18.0 Å². The first-order valence-corrected chi connectivity index (χ1v) is 6.87. The molecule has 0 bridgehead atoms. The third-order valence-corrected chi connectivity index (χ3v) is 3.50. The molecule has 0 spiro atoms. The van der Waals surface area contributed by atoms with Crippen LogP contribution in [-0.4, -0.2) is 12.4 Å². The Bertz CT molecular complexity index is 400. The fourth-order valence-corrected chi connectivity index (χ4v) is 2.40. The molecule has 0 amide bonds. The van der Waals surface area contributed by atoms with E-state index in [1.807, 2.05) is 30.4 Å². The van der Waals surface area contributed by atoms with Crippen LogP contribution in [0.2, 0.25) is 0 Å². The summed E-state index contributed by atoms with van der Waals surface area (Å²) >= 11 is 0. The lowest BCUT2D eigenvalue weighted by molar-refractivity contribution is 0.367. The molecule has 2 nitrogen and oxygen atoms in total. The minimum Gasteiger partial charge on any atom is -0.384 e. The SMILES string of the molecule is NC(C=Cc1ccccc1)=NCC1CCCCC1. The Morgan fingerprint density at radius 2 is 1.89 bits per heavy atom. The summed E-state index contributed by atoms with van der Waals surface area (Å²) in [6.45, 7) is 0.894. The van der Waals surface area contributed by atoms with E-state index in [2.05, 4.69) is 17.1 Å². The van der Waals surface area contributed by atoms with Crippen LogP contribution in [-0.2, 0) is 0 Å². The standard InChI is InChI=1S/C16H22N2/c17-16(12-11-14-7-3-1-4-8-14)18-13-15-9-5-2-6-10-15/h1,3-4,7-8,11-12,15H,2,5-6,9-10,13H2,(H2,17,18). The van der Waals surface area contributed by atoms with Gasteiger partial charge in [0.25, 0.3) is 0 Å². The normalized spacial score (nSPS) is 18.3. The fourth-order valence-electron chi connectivity index (χ4n) is 2.40. The number of rotatable bonds is 4. The van der Waals surface area contributed by atoms with Gasteiger partial charge in [0.1, 0.15) is 5.84 Å². The zero-order valence-electron chi connectivity index (χ0n) is 10.9. The Labute approximate surface area is 110 Å². The van der Waals surface area contributed by atoms with Gasteiger partial charge in [0.15, 0.2) is 0 Å². The average Bonchev–Trinajstić information content (AvgIpc) is 2.45. The van der Waals surface area contributed by atoms with E-state index in [4.69, 9.17) is 5.73 Å². The molecular formula is C16H22N2. The highest BCUT2D eigenvalue weighted by Crippen LogP contribution is 2.23. The van der Waals surface area contributed by atoms with Crippen molar-refractivity contribution in [1.82, 2.24) is 0 Å². The molecule has 1 saturated carbocycles. The molecule has 2 heteroatoms. The van der Waals surface area contributed by atoms with Crippen LogP contribution in [0.25, 0.3) is 6.08 Å². The van der Waals surface area contributed by atoms with E-state index in [1.54, 1.807) is 0 Å². The van der Waals surface area contributed by atoms with Crippen LogP contribution in [0.15, 0.2) is 41.4 Å². The summed E-state index contributed by atoms with van der Waals surface area (Å²) in [5.74, 6) is 1.40. The van der Waals surface area contributed by atoms with E-state index < -0.39 is 0 Å². The first-order chi connectivity index (χ1) is 8.84. The summed E-state index contributed by atoms with van der Waals surface area (Å²) in [5, 5.41) is 0. The Kier molecular flexibility index (Phi) is 5.00. The molecule has 1 aromatic carbocycles.